The first-order valence-electron chi connectivity index (χ1n) is 7.67. The molecule has 1 rings (SSSR count). The summed E-state index contributed by atoms with van der Waals surface area (Å²) in [5.74, 6) is 0.754. The molecule has 0 aliphatic rings. The van der Waals surface area contributed by atoms with E-state index >= 15 is 0 Å². The molecule has 0 aliphatic carbocycles. The molecule has 0 unspecified atom stereocenters. The van der Waals surface area contributed by atoms with Gasteiger partial charge in [-0.3, -0.25) is 5.32 Å². The first kappa shape index (κ1) is 17.5. The minimum Gasteiger partial charge on any atom is -0.325 e. The lowest BCUT2D eigenvalue weighted by molar-refractivity contribution is 0.216. The van der Waals surface area contributed by atoms with Crippen molar-refractivity contribution in [1.82, 2.24) is 14.7 Å². The van der Waals surface area contributed by atoms with Gasteiger partial charge in [-0.25, -0.2) is 9.48 Å². The van der Waals surface area contributed by atoms with Gasteiger partial charge in [-0.05, 0) is 34.6 Å². The molecule has 0 aliphatic heterocycles. The molecule has 0 saturated heterocycles. The van der Waals surface area contributed by atoms with Gasteiger partial charge in [0.2, 0.25) is 0 Å². The van der Waals surface area contributed by atoms with Crippen LogP contribution in [0.1, 0.15) is 61.1 Å². The lowest BCUT2D eigenvalue weighted by atomic mass is 9.92. The van der Waals surface area contributed by atoms with Crippen LogP contribution in [0.3, 0.4) is 0 Å². The standard InChI is InChI=1S/C16H30N4O/c1-9-19(10-2)14(21)17-13-11-12(15(3,4)5)18-20(13)16(6,7)8/h11H,9-10H2,1-8H3,(H,17,21). The molecule has 0 bridgehead atoms. The highest BCUT2D eigenvalue weighted by atomic mass is 16.2. The van der Waals surface area contributed by atoms with Gasteiger partial charge in [0.05, 0.1) is 11.2 Å². The van der Waals surface area contributed by atoms with Crippen LogP contribution < -0.4 is 5.32 Å². The Morgan fingerprint density at radius 2 is 1.71 bits per heavy atom. The Labute approximate surface area is 128 Å². The largest absolute Gasteiger partial charge is 0.325 e. The minimum atomic E-state index is -0.185. The minimum absolute atomic E-state index is 0.0504. The van der Waals surface area contributed by atoms with Gasteiger partial charge < -0.3 is 4.90 Å². The van der Waals surface area contributed by atoms with E-state index in [-0.39, 0.29) is 17.0 Å². The number of carbonyl (C=O) groups excluding carboxylic acids is 1. The molecule has 21 heavy (non-hydrogen) atoms. The molecule has 0 saturated carbocycles. The lowest BCUT2D eigenvalue weighted by Gasteiger charge is -2.24. The van der Waals surface area contributed by atoms with Crippen LogP contribution in [0.5, 0.6) is 0 Å². The molecular formula is C16H30N4O. The van der Waals surface area contributed by atoms with Crippen LogP contribution in [0, 0.1) is 0 Å². The van der Waals surface area contributed by atoms with Crippen LogP contribution in [-0.2, 0) is 11.0 Å². The number of nitrogens with zero attached hydrogens (tertiary/aromatic N) is 3. The lowest BCUT2D eigenvalue weighted by Crippen LogP contribution is -2.36. The quantitative estimate of drug-likeness (QED) is 0.921. The number of amides is 2. The summed E-state index contributed by atoms with van der Waals surface area (Å²) in [7, 11) is 0. The fourth-order valence-corrected chi connectivity index (χ4v) is 2.05. The monoisotopic (exact) mass is 294 g/mol. The Kier molecular flexibility index (Phi) is 5.07. The van der Waals surface area contributed by atoms with Crippen molar-refractivity contribution in [2.24, 2.45) is 0 Å². The van der Waals surface area contributed by atoms with Crippen LogP contribution in [0.15, 0.2) is 6.07 Å². The summed E-state index contributed by atoms with van der Waals surface area (Å²) in [6.45, 7) is 18.0. The number of nitrogens with one attached hydrogen (secondary N) is 1. The average molecular weight is 294 g/mol. The molecule has 0 aromatic carbocycles. The van der Waals surface area contributed by atoms with Gasteiger partial charge in [-0.15, -0.1) is 0 Å². The molecule has 5 heteroatoms. The van der Waals surface area contributed by atoms with Gasteiger partial charge in [-0.1, -0.05) is 20.8 Å². The van der Waals surface area contributed by atoms with Crippen molar-refractivity contribution in [2.75, 3.05) is 18.4 Å². The van der Waals surface area contributed by atoms with Gasteiger partial charge in [-0.2, -0.15) is 5.10 Å². The number of hydrogen-bond acceptors (Lipinski definition) is 2. The third kappa shape index (κ3) is 4.22. The van der Waals surface area contributed by atoms with Gasteiger partial charge >= 0.3 is 6.03 Å². The first-order valence-corrected chi connectivity index (χ1v) is 7.67. The molecule has 120 valence electrons. The third-order valence-corrected chi connectivity index (χ3v) is 3.40. The molecule has 0 radical (unpaired) electrons. The van der Waals surface area contributed by atoms with E-state index in [4.69, 9.17) is 5.10 Å². The third-order valence-electron chi connectivity index (χ3n) is 3.40. The summed E-state index contributed by atoms with van der Waals surface area (Å²) >= 11 is 0. The number of anilines is 1. The summed E-state index contributed by atoms with van der Waals surface area (Å²) in [5.41, 5.74) is 0.743. The van der Waals surface area contributed by atoms with Crippen molar-refractivity contribution in [3.05, 3.63) is 11.8 Å². The molecule has 1 N–H and O–H groups in total. The molecule has 0 atom stereocenters. The first-order chi connectivity index (χ1) is 9.50. The zero-order valence-corrected chi connectivity index (χ0v) is 14.7. The Bertz CT molecular complexity index is 487. The predicted molar refractivity (Wildman–Crippen MR) is 87.9 cm³/mol. The summed E-state index contributed by atoms with van der Waals surface area (Å²) in [5, 5.41) is 7.70. The van der Waals surface area contributed by atoms with E-state index in [0.29, 0.717) is 13.1 Å². The molecular weight excluding hydrogens is 264 g/mol. The topological polar surface area (TPSA) is 50.2 Å². The van der Waals surface area contributed by atoms with Crippen LogP contribution >= 0.6 is 0 Å². The van der Waals surface area contributed by atoms with Crippen LogP contribution in [0.25, 0.3) is 0 Å². The normalized spacial score (nSPS) is 12.4. The van der Waals surface area contributed by atoms with Crippen LogP contribution in [0.2, 0.25) is 0 Å². The molecule has 1 heterocycles. The Morgan fingerprint density at radius 3 is 2.10 bits per heavy atom. The SMILES string of the molecule is CCN(CC)C(=O)Nc1cc(C(C)(C)C)nn1C(C)(C)C. The molecule has 1 aromatic heterocycles. The Morgan fingerprint density at radius 1 is 1.19 bits per heavy atom. The fourth-order valence-electron chi connectivity index (χ4n) is 2.05. The maximum absolute atomic E-state index is 12.3. The highest BCUT2D eigenvalue weighted by Crippen LogP contribution is 2.28. The van der Waals surface area contributed by atoms with Gasteiger partial charge in [0.1, 0.15) is 5.82 Å². The van der Waals surface area contributed by atoms with Crippen molar-refractivity contribution in [1.29, 1.82) is 0 Å². The molecule has 0 fully saturated rings. The zero-order valence-electron chi connectivity index (χ0n) is 14.7. The average Bonchev–Trinajstić information content (AvgIpc) is 2.74. The number of carbonyl (C=O) groups is 1. The summed E-state index contributed by atoms with van der Waals surface area (Å²) < 4.78 is 1.90. The molecule has 0 spiro atoms. The van der Waals surface area contributed by atoms with Crippen LogP contribution in [-0.4, -0.2) is 33.8 Å². The smallest absolute Gasteiger partial charge is 0.322 e. The predicted octanol–water partition coefficient (Wildman–Crippen LogP) is 3.81. The maximum Gasteiger partial charge on any atom is 0.322 e. The fraction of sp³-hybridized carbons (Fsp3) is 0.750. The van der Waals surface area contributed by atoms with Gasteiger partial charge in [0.25, 0.3) is 0 Å². The van der Waals surface area contributed by atoms with Crippen LogP contribution in [0.4, 0.5) is 10.6 Å². The number of hydrogen-bond donors (Lipinski definition) is 1. The number of rotatable bonds is 3. The molecule has 2 amide bonds. The van der Waals surface area contributed by atoms with Crippen molar-refractivity contribution in [2.45, 2.75) is 66.3 Å². The maximum atomic E-state index is 12.3. The number of aromatic nitrogens is 2. The highest BCUT2D eigenvalue weighted by Gasteiger charge is 2.26. The van der Waals surface area contributed by atoms with Crippen molar-refractivity contribution < 1.29 is 4.79 Å². The van der Waals surface area contributed by atoms with E-state index in [1.807, 2.05) is 24.6 Å². The molecule has 1 aromatic rings. The van der Waals surface area contributed by atoms with E-state index in [1.165, 1.54) is 0 Å². The zero-order chi connectivity index (χ0) is 16.4. The Balaban J connectivity index is 3.16. The van der Waals surface area contributed by atoms with Gasteiger partial charge in [0, 0.05) is 24.6 Å². The van der Waals surface area contributed by atoms with E-state index in [2.05, 4.69) is 46.9 Å². The van der Waals surface area contributed by atoms with E-state index in [9.17, 15) is 4.79 Å². The second-order valence-electron chi connectivity index (χ2n) is 7.35. The summed E-state index contributed by atoms with van der Waals surface area (Å²) in [6, 6.07) is 1.90. The van der Waals surface area contributed by atoms with E-state index in [0.717, 1.165) is 11.5 Å². The van der Waals surface area contributed by atoms with Crippen molar-refractivity contribution in [3.8, 4) is 0 Å². The highest BCUT2D eigenvalue weighted by molar-refractivity contribution is 5.88. The summed E-state index contributed by atoms with van der Waals surface area (Å²) in [6.07, 6.45) is 0. The second-order valence-corrected chi connectivity index (χ2v) is 7.35. The summed E-state index contributed by atoms with van der Waals surface area (Å²) in [4.78, 5) is 14.0. The molecule has 5 nitrogen and oxygen atoms in total. The van der Waals surface area contributed by atoms with E-state index < -0.39 is 0 Å². The van der Waals surface area contributed by atoms with Crippen molar-refractivity contribution >= 4 is 11.8 Å². The second kappa shape index (κ2) is 6.08. The number of urea groups is 1. The Hall–Kier alpha value is -1.52. The van der Waals surface area contributed by atoms with Crippen molar-refractivity contribution in [3.63, 3.8) is 0 Å². The van der Waals surface area contributed by atoms with E-state index in [1.54, 1.807) is 4.90 Å². The van der Waals surface area contributed by atoms with Gasteiger partial charge in [0.15, 0.2) is 0 Å².